The zero-order valence-corrected chi connectivity index (χ0v) is 33.1. The van der Waals surface area contributed by atoms with Gasteiger partial charge in [-0.2, -0.15) is 0 Å². The number of Topliss-reactive ketones (excluding diaryl/α,β-unsaturated/α-hetero) is 1. The van der Waals surface area contributed by atoms with Gasteiger partial charge in [-0.05, 0) is 77.2 Å². The highest BCUT2D eigenvalue weighted by molar-refractivity contribution is 6.38. The summed E-state index contributed by atoms with van der Waals surface area (Å²) in [6.07, 6.45) is -1.40. The van der Waals surface area contributed by atoms with Crippen molar-refractivity contribution >= 4 is 41.4 Å². The van der Waals surface area contributed by atoms with Gasteiger partial charge >= 0.3 is 6.09 Å². The van der Waals surface area contributed by atoms with Crippen LogP contribution in [-0.2, 0) is 33.5 Å². The van der Waals surface area contributed by atoms with E-state index in [-0.39, 0.29) is 25.3 Å². The minimum absolute atomic E-state index is 0.0529. The van der Waals surface area contributed by atoms with Crippen molar-refractivity contribution in [1.29, 1.82) is 0 Å². The van der Waals surface area contributed by atoms with Crippen molar-refractivity contribution in [2.75, 3.05) is 27.2 Å². The predicted molar refractivity (Wildman–Crippen MR) is 201 cm³/mol. The molecule has 312 valence electrons. The van der Waals surface area contributed by atoms with E-state index in [1.807, 2.05) is 0 Å². The van der Waals surface area contributed by atoms with E-state index in [1.165, 1.54) is 37.7 Å². The van der Waals surface area contributed by atoms with Crippen molar-refractivity contribution in [2.24, 2.45) is 11.8 Å². The van der Waals surface area contributed by atoms with E-state index in [1.54, 1.807) is 44.2 Å². The molecule has 17 heteroatoms. The molecule has 0 radical (unpaired) electrons. The molecule has 2 fully saturated rings. The summed E-state index contributed by atoms with van der Waals surface area (Å²) in [5.41, 5.74) is -0.817. The number of amides is 6. The first-order valence-corrected chi connectivity index (χ1v) is 19.2. The number of carbonyl (C=O) groups is 7. The van der Waals surface area contributed by atoms with Gasteiger partial charge in [0.1, 0.15) is 18.1 Å². The molecule has 1 aliphatic carbocycles. The number of likely N-dealkylation sites (tertiary alicyclic amines) is 1. The average Bonchev–Trinajstić information content (AvgIpc) is 3.55. The molecule has 5 atom stereocenters. The maximum atomic E-state index is 14.4. The van der Waals surface area contributed by atoms with E-state index in [0.29, 0.717) is 18.4 Å². The molecule has 1 heterocycles. The number of alkyl halides is 2. The predicted octanol–water partition coefficient (Wildman–Crippen LogP) is 2.61. The molecule has 5 N–H and O–H groups in total. The molecule has 1 aromatic carbocycles. The molecule has 4 unspecified atom stereocenters. The fourth-order valence-electron chi connectivity index (χ4n) is 7.34. The van der Waals surface area contributed by atoms with Crippen molar-refractivity contribution < 1.29 is 52.2 Å². The van der Waals surface area contributed by atoms with Gasteiger partial charge in [0, 0.05) is 27.1 Å². The Kier molecular flexibility index (Phi) is 17.2. The third kappa shape index (κ3) is 13.8. The number of carbonyl (C=O) groups excluding carboxylic acids is 7. The van der Waals surface area contributed by atoms with E-state index in [4.69, 9.17) is 4.74 Å². The summed E-state index contributed by atoms with van der Waals surface area (Å²) in [4.78, 5) is 96.1. The van der Waals surface area contributed by atoms with Crippen molar-refractivity contribution in [1.82, 2.24) is 31.1 Å². The summed E-state index contributed by atoms with van der Waals surface area (Å²) < 4.78 is 32.2. The third-order valence-corrected chi connectivity index (χ3v) is 9.91. The molecule has 3 rings (SSSR count). The summed E-state index contributed by atoms with van der Waals surface area (Å²) in [5, 5.41) is 20.5. The Bertz CT molecular complexity index is 1530. The molecule has 0 spiro atoms. The number of hydrogen-bond donors (Lipinski definition) is 5. The first kappa shape index (κ1) is 45.7. The highest BCUT2D eigenvalue weighted by atomic mass is 19.3. The largest absolute Gasteiger partial charge is 0.447 e. The quantitative estimate of drug-likeness (QED) is 0.139. The lowest BCUT2D eigenvalue weighted by molar-refractivity contribution is -0.144. The Hall–Kier alpha value is -4.67. The van der Waals surface area contributed by atoms with Crippen LogP contribution in [0, 0.1) is 11.8 Å². The van der Waals surface area contributed by atoms with Crippen molar-refractivity contribution in [3.05, 3.63) is 35.9 Å². The summed E-state index contributed by atoms with van der Waals surface area (Å²) in [7, 11) is 3.00. The summed E-state index contributed by atoms with van der Waals surface area (Å²) in [5.74, 6) is -6.27. The van der Waals surface area contributed by atoms with Gasteiger partial charge in [0.2, 0.25) is 35.8 Å². The van der Waals surface area contributed by atoms with Gasteiger partial charge in [-0.1, -0.05) is 49.6 Å². The highest BCUT2D eigenvalue weighted by Crippen LogP contribution is 2.35. The number of nitrogens with one attached hydrogen (secondary N) is 4. The third-order valence-electron chi connectivity index (χ3n) is 9.91. The summed E-state index contributed by atoms with van der Waals surface area (Å²) in [6.45, 7) is 5.71. The molecule has 1 aliphatic heterocycles. The van der Waals surface area contributed by atoms with E-state index >= 15 is 0 Å². The number of rotatable bonds is 18. The Labute approximate surface area is 327 Å². The Morgan fingerprint density at radius 1 is 0.929 bits per heavy atom. The lowest BCUT2D eigenvalue weighted by Gasteiger charge is -2.36. The number of likely N-dealkylation sites (N-methyl/N-ethyl adjacent to an activating group) is 1. The molecule has 6 amide bonds. The lowest BCUT2D eigenvalue weighted by atomic mass is 9.83. The Morgan fingerprint density at radius 2 is 1.57 bits per heavy atom. The standard InChI is InChI=1S/C39H58F2N6O9/c1-23(2)56-38(54)45-31(25-15-11-8-12-16-25)37(53)47-20-19-26(21-39(3,4)55)32(47)34(50)43-27(17-18-28(40)41)33(49)35(51)42-22-29(48)44-30(36(52)46(5)6)24-13-9-7-10-14-24/h7,9-10,13-14,23,25-28,30-32,55H,8,11-12,15-22H2,1-6H3,(H,42,51)(H,43,50)(H,44,48)(H,45,54)/t26-,27?,30?,31?,32?/m1/s1. The van der Waals surface area contributed by atoms with Gasteiger partial charge in [-0.3, -0.25) is 28.8 Å². The monoisotopic (exact) mass is 792 g/mol. The molecule has 1 aromatic rings. The molecule has 0 bridgehead atoms. The van der Waals surface area contributed by atoms with Crippen LogP contribution in [0.3, 0.4) is 0 Å². The average molecular weight is 793 g/mol. The van der Waals surface area contributed by atoms with Gasteiger partial charge < -0.3 is 40.9 Å². The van der Waals surface area contributed by atoms with Gasteiger partial charge in [-0.15, -0.1) is 0 Å². The minimum atomic E-state index is -2.89. The molecular weight excluding hydrogens is 734 g/mol. The molecule has 15 nitrogen and oxygen atoms in total. The van der Waals surface area contributed by atoms with E-state index < -0.39 is 109 Å². The molecule has 56 heavy (non-hydrogen) atoms. The van der Waals surface area contributed by atoms with Crippen molar-refractivity contribution in [2.45, 2.75) is 128 Å². The Balaban J connectivity index is 1.83. The molecule has 1 saturated heterocycles. The number of ketones is 1. The van der Waals surface area contributed by atoms with Crippen LogP contribution in [0.15, 0.2) is 30.3 Å². The minimum Gasteiger partial charge on any atom is -0.447 e. The van der Waals surface area contributed by atoms with Crippen molar-refractivity contribution in [3.63, 3.8) is 0 Å². The number of hydrogen-bond acceptors (Lipinski definition) is 9. The molecule has 0 aromatic heterocycles. The normalized spacial score (nSPS) is 19.1. The SMILES string of the molecule is CC(C)OC(=O)NC(C(=O)N1CC[C@H](CC(C)(C)O)C1C(=O)NC(CCC(F)F)C(=O)C(=O)NCC(=O)NC(C(=O)N(C)C)c1ccccc1)C1CCCCC1. The number of halogens is 2. The zero-order chi connectivity index (χ0) is 41.7. The number of benzene rings is 1. The van der Waals surface area contributed by atoms with Crippen LogP contribution in [0.1, 0.15) is 97.1 Å². The second kappa shape index (κ2) is 21.0. The molecule has 1 saturated carbocycles. The molecule has 2 aliphatic rings. The highest BCUT2D eigenvalue weighted by Gasteiger charge is 2.47. The summed E-state index contributed by atoms with van der Waals surface area (Å²) in [6, 6.07) is 3.14. The second-order valence-corrected chi connectivity index (χ2v) is 15.7. The maximum Gasteiger partial charge on any atom is 0.408 e. The van der Waals surface area contributed by atoms with Crippen LogP contribution in [-0.4, -0.2) is 120 Å². The van der Waals surface area contributed by atoms with Crippen LogP contribution in [0.25, 0.3) is 0 Å². The van der Waals surface area contributed by atoms with Gasteiger partial charge in [0.25, 0.3) is 5.91 Å². The molecular formula is C39H58F2N6O9. The van der Waals surface area contributed by atoms with E-state index in [2.05, 4.69) is 21.3 Å². The second-order valence-electron chi connectivity index (χ2n) is 15.7. The lowest BCUT2D eigenvalue weighted by Crippen LogP contribution is -2.59. The van der Waals surface area contributed by atoms with E-state index in [0.717, 1.165) is 19.3 Å². The van der Waals surface area contributed by atoms with Crippen LogP contribution in [0.2, 0.25) is 0 Å². The van der Waals surface area contributed by atoms with Gasteiger partial charge in [0.15, 0.2) is 0 Å². The first-order valence-electron chi connectivity index (χ1n) is 19.2. The van der Waals surface area contributed by atoms with Crippen LogP contribution < -0.4 is 21.3 Å². The van der Waals surface area contributed by atoms with Gasteiger partial charge in [0.05, 0.1) is 24.3 Å². The smallest absolute Gasteiger partial charge is 0.408 e. The zero-order valence-electron chi connectivity index (χ0n) is 33.1. The van der Waals surface area contributed by atoms with Crippen LogP contribution >= 0.6 is 0 Å². The Morgan fingerprint density at radius 3 is 2.14 bits per heavy atom. The van der Waals surface area contributed by atoms with Crippen molar-refractivity contribution in [3.8, 4) is 0 Å². The number of ether oxygens (including phenoxy) is 1. The fraction of sp³-hybridized carbons (Fsp3) is 0.667. The number of nitrogens with zero attached hydrogens (tertiary/aromatic N) is 2. The number of aliphatic hydroxyl groups is 1. The topological polar surface area (TPSA) is 204 Å². The number of alkyl carbamates (subject to hydrolysis) is 1. The fourth-order valence-corrected chi connectivity index (χ4v) is 7.34. The summed E-state index contributed by atoms with van der Waals surface area (Å²) >= 11 is 0. The maximum absolute atomic E-state index is 14.4. The van der Waals surface area contributed by atoms with Crippen LogP contribution in [0.5, 0.6) is 0 Å². The van der Waals surface area contributed by atoms with E-state index in [9.17, 15) is 47.4 Å². The first-order chi connectivity index (χ1) is 26.3. The van der Waals surface area contributed by atoms with Crippen LogP contribution in [0.4, 0.5) is 13.6 Å². The van der Waals surface area contributed by atoms with Gasteiger partial charge in [-0.25, -0.2) is 13.6 Å².